The minimum Gasteiger partial charge on any atom is -0.660 e. The molecule has 1 aliphatic heterocycles. The third-order valence-corrected chi connectivity index (χ3v) is 1.28. The van der Waals surface area contributed by atoms with Gasteiger partial charge in [0.25, 0.3) is 0 Å². The molecule has 10 heavy (non-hydrogen) atoms. The third-order valence-electron chi connectivity index (χ3n) is 1.28. The Morgan fingerprint density at radius 2 is 1.50 bits per heavy atom. The van der Waals surface area contributed by atoms with Gasteiger partial charge in [-0.05, 0) is 20.1 Å². The van der Waals surface area contributed by atoms with Gasteiger partial charge >= 0.3 is 0 Å². The topological polar surface area (TPSA) is 17.3 Å². The van der Waals surface area contributed by atoms with Crippen LogP contribution in [0.25, 0.3) is 5.32 Å². The van der Waals surface area contributed by atoms with E-state index in [0.717, 1.165) is 26.2 Å². The third kappa shape index (κ3) is 7.08. The van der Waals surface area contributed by atoms with Crippen molar-refractivity contribution in [1.82, 2.24) is 4.90 Å². The molecule has 0 saturated carbocycles. The summed E-state index contributed by atoms with van der Waals surface area (Å²) in [4.78, 5) is 2.30. The fourth-order valence-electron chi connectivity index (χ4n) is 0.706. The fraction of sp³-hybridized carbons (Fsp3) is 1.00. The molecule has 0 aromatic rings. The van der Waals surface area contributed by atoms with Crippen molar-refractivity contribution in [2.45, 2.75) is 13.8 Å². The molecule has 1 saturated heterocycles. The molecule has 0 amide bonds. The van der Waals surface area contributed by atoms with E-state index >= 15 is 0 Å². The van der Waals surface area contributed by atoms with E-state index < -0.39 is 0 Å². The normalized spacial score (nSPS) is 18.3. The summed E-state index contributed by atoms with van der Waals surface area (Å²) in [5, 5.41) is 4.19. The van der Waals surface area contributed by atoms with E-state index in [-0.39, 0.29) is 31.1 Å². The monoisotopic (exact) mass is 367 g/mol. The average molecular weight is 367 g/mol. The average Bonchev–Trinajstić information content (AvgIpc) is 1.94. The Morgan fingerprint density at radius 1 is 1.10 bits per heavy atom. The van der Waals surface area contributed by atoms with E-state index in [1.165, 1.54) is 0 Å². The predicted octanol–water partition coefficient (Wildman–Crippen LogP) is 1.33. The number of nitrogens with zero attached hydrogens (tertiary/aromatic N) is 2. The molecule has 0 radical (unpaired) electrons. The van der Waals surface area contributed by atoms with Gasteiger partial charge in [0.15, 0.2) is 0 Å². The minimum atomic E-state index is 0. The van der Waals surface area contributed by atoms with Crippen molar-refractivity contribution in [2.75, 3.05) is 33.2 Å². The van der Waals surface area contributed by atoms with Crippen LogP contribution in [0.5, 0.6) is 0 Å². The van der Waals surface area contributed by atoms with Gasteiger partial charge < -0.3 is 10.2 Å². The Hall–Kier alpha value is 0.972. The second kappa shape index (κ2) is 9.97. The first kappa shape index (κ1) is 13.6. The Kier molecular flexibility index (Phi) is 13.5. The van der Waals surface area contributed by atoms with Crippen LogP contribution in [0.3, 0.4) is 0 Å². The number of rotatable bonds is 0. The van der Waals surface area contributed by atoms with Gasteiger partial charge in [0.05, 0.1) is 0 Å². The molecule has 0 atom stereocenters. The number of likely N-dealkylation sites (N-methyl/N-ethyl adjacent to an activating group) is 1. The maximum absolute atomic E-state index is 4.19. The van der Waals surface area contributed by atoms with Crippen LogP contribution in [-0.2, 0) is 0 Å². The molecule has 0 spiro atoms. The summed E-state index contributed by atoms with van der Waals surface area (Å²) >= 11 is 0. The predicted molar refractivity (Wildman–Crippen MR) is 41.9 cm³/mol. The van der Waals surface area contributed by atoms with Crippen LogP contribution >= 0.6 is 0 Å². The molecular weight excluding hydrogens is 350 g/mol. The largest absolute Gasteiger partial charge is 0.660 e. The van der Waals surface area contributed by atoms with E-state index in [9.17, 15) is 0 Å². The van der Waals surface area contributed by atoms with Crippen LogP contribution in [-0.4, -0.2) is 38.1 Å². The molecule has 1 fully saturated rings. The number of hydrogen-bond donors (Lipinski definition) is 0. The van der Waals surface area contributed by atoms with Crippen molar-refractivity contribution in [3.8, 4) is 0 Å². The van der Waals surface area contributed by atoms with Crippen LogP contribution in [0.15, 0.2) is 0 Å². The smallest absolute Gasteiger partial charge is 0 e. The van der Waals surface area contributed by atoms with Crippen molar-refractivity contribution < 1.29 is 31.1 Å². The molecule has 0 aromatic heterocycles. The van der Waals surface area contributed by atoms with Crippen molar-refractivity contribution in [1.29, 1.82) is 0 Å². The van der Waals surface area contributed by atoms with Crippen LogP contribution in [0.1, 0.15) is 13.8 Å². The van der Waals surface area contributed by atoms with Crippen molar-refractivity contribution in [3.05, 3.63) is 5.32 Å². The van der Waals surface area contributed by atoms with E-state index in [4.69, 9.17) is 0 Å². The zero-order valence-electron chi connectivity index (χ0n) is 7.22. The van der Waals surface area contributed by atoms with Crippen molar-refractivity contribution in [2.24, 2.45) is 0 Å². The summed E-state index contributed by atoms with van der Waals surface area (Å²) in [6.07, 6.45) is 0. The Labute approximate surface area is 88.1 Å². The van der Waals surface area contributed by atoms with E-state index in [1.54, 1.807) is 0 Å². The molecule has 0 aromatic carbocycles. The van der Waals surface area contributed by atoms with Gasteiger partial charge in [-0.2, -0.15) is 0 Å². The molecule has 60 valence electrons. The summed E-state index contributed by atoms with van der Waals surface area (Å²) in [5.74, 6) is 0. The van der Waals surface area contributed by atoms with Gasteiger partial charge in [-0.15, -0.1) is 13.1 Å². The zero-order valence-corrected chi connectivity index (χ0v) is 11.4. The Bertz CT molecular complexity index is 53.6. The quantitative estimate of drug-likeness (QED) is 0.632. The first-order valence-electron chi connectivity index (χ1n) is 3.71. The summed E-state index contributed by atoms with van der Waals surface area (Å²) in [6, 6.07) is 0. The number of piperazine rings is 1. The second-order valence-corrected chi connectivity index (χ2v) is 1.97. The summed E-state index contributed by atoms with van der Waals surface area (Å²) in [7, 11) is 2.13. The molecule has 3 heteroatoms. The molecule has 0 bridgehead atoms. The Balaban J connectivity index is 0. The molecule has 0 N–H and O–H groups in total. The number of hydrogen-bond acceptors (Lipinski definition) is 1. The summed E-state index contributed by atoms with van der Waals surface area (Å²) in [6.45, 7) is 8.38. The van der Waals surface area contributed by atoms with Crippen LogP contribution in [0.2, 0.25) is 0 Å². The summed E-state index contributed by atoms with van der Waals surface area (Å²) in [5.41, 5.74) is 0. The van der Waals surface area contributed by atoms with Crippen LogP contribution in [0.4, 0.5) is 0 Å². The van der Waals surface area contributed by atoms with Gasteiger partial charge in [0.2, 0.25) is 0 Å². The molecule has 1 heterocycles. The van der Waals surface area contributed by atoms with Crippen LogP contribution in [0, 0.1) is 31.1 Å². The molecule has 2 nitrogen and oxygen atoms in total. The van der Waals surface area contributed by atoms with Gasteiger partial charge in [-0.1, -0.05) is 13.8 Å². The van der Waals surface area contributed by atoms with Gasteiger partial charge in [0.1, 0.15) is 0 Å². The Morgan fingerprint density at radius 3 is 1.70 bits per heavy atom. The van der Waals surface area contributed by atoms with Gasteiger partial charge in [-0.25, -0.2) is 0 Å². The van der Waals surface area contributed by atoms with Crippen molar-refractivity contribution >= 4 is 0 Å². The summed E-state index contributed by atoms with van der Waals surface area (Å²) < 4.78 is 0. The first-order chi connectivity index (χ1) is 4.39. The second-order valence-electron chi connectivity index (χ2n) is 1.97. The molecule has 1 aliphatic rings. The van der Waals surface area contributed by atoms with Gasteiger partial charge in [-0.3, -0.25) is 0 Å². The zero-order chi connectivity index (χ0) is 7.11. The molecule has 0 unspecified atom stereocenters. The van der Waals surface area contributed by atoms with E-state index in [2.05, 4.69) is 17.3 Å². The maximum Gasteiger partial charge on any atom is 0 e. The fourth-order valence-corrected chi connectivity index (χ4v) is 0.706. The van der Waals surface area contributed by atoms with E-state index in [1.807, 2.05) is 13.8 Å². The standard InChI is InChI=1S/C5H11N2.C2H6.U/c1-7-4-2-6-3-5-7;1-2;/h2-5H2,1H3;1-2H3;/q-1;;. The van der Waals surface area contributed by atoms with Crippen molar-refractivity contribution in [3.63, 3.8) is 0 Å². The first-order valence-corrected chi connectivity index (χ1v) is 3.71. The van der Waals surface area contributed by atoms with Gasteiger partial charge in [0, 0.05) is 31.1 Å². The minimum absolute atomic E-state index is 0. The molecule has 1 rings (SSSR count). The maximum atomic E-state index is 4.19. The molecule has 0 aliphatic carbocycles. The van der Waals surface area contributed by atoms with E-state index in [0.29, 0.717) is 0 Å². The van der Waals surface area contributed by atoms with Crippen LogP contribution < -0.4 is 0 Å². The SMILES string of the molecule is CC.CN1CC[N-]CC1.[U]. The molecular formula is C7H17N2U-.